The van der Waals surface area contributed by atoms with E-state index in [9.17, 15) is 10.8 Å². The molecule has 0 saturated heterocycles. The predicted octanol–water partition coefficient (Wildman–Crippen LogP) is 9.72. The first-order chi connectivity index (χ1) is 21.7. The Morgan fingerprint density at radius 1 is 0.409 bits per heavy atom. The molecule has 0 spiro atoms. The van der Waals surface area contributed by atoms with Crippen LogP contribution in [0.1, 0.15) is 0 Å². The molecule has 6 rings (SSSR count). The van der Waals surface area contributed by atoms with Gasteiger partial charge in [0.15, 0.2) is 0 Å². The standard InChI is InChI=1S/C38H32N6/c39-37(41-30-18-8-2-9-19-30)43(32-22-12-4-13-23-32)34-26-27-35(29-16-6-1-7-17-29)36(28-34)44(33-24-14-5-15-25-33)38(40)42-31-20-10-3-11-21-31/h1-28H,(H2,39,41)(H2,40,42). The van der Waals surface area contributed by atoms with E-state index in [0.717, 1.165) is 45.3 Å². The Morgan fingerprint density at radius 3 is 1.32 bits per heavy atom. The van der Waals surface area contributed by atoms with Crippen LogP contribution < -0.4 is 20.4 Å². The van der Waals surface area contributed by atoms with Crippen LogP contribution in [-0.2, 0) is 0 Å². The highest BCUT2D eigenvalue weighted by atomic mass is 15.3. The molecule has 0 saturated carbocycles. The van der Waals surface area contributed by atoms with Crippen LogP contribution in [0.25, 0.3) is 11.1 Å². The lowest BCUT2D eigenvalue weighted by Crippen LogP contribution is -2.33. The monoisotopic (exact) mass is 572 g/mol. The summed E-state index contributed by atoms with van der Waals surface area (Å²) in [6.07, 6.45) is 0. The lowest BCUT2D eigenvalue weighted by atomic mass is 10.0. The van der Waals surface area contributed by atoms with Gasteiger partial charge in [-0.15, -0.1) is 0 Å². The number of rotatable bonds is 7. The number of anilines is 6. The minimum absolute atomic E-state index is 0.195. The van der Waals surface area contributed by atoms with Crippen LogP contribution in [0.5, 0.6) is 0 Å². The van der Waals surface area contributed by atoms with Gasteiger partial charge in [-0.05, 0) is 66.2 Å². The maximum Gasteiger partial charge on any atom is 0.204 e. The van der Waals surface area contributed by atoms with E-state index in [1.165, 1.54) is 0 Å². The zero-order chi connectivity index (χ0) is 30.1. The molecule has 6 heteroatoms. The van der Waals surface area contributed by atoms with Crippen LogP contribution in [0.15, 0.2) is 170 Å². The first-order valence-electron chi connectivity index (χ1n) is 14.4. The fourth-order valence-corrected chi connectivity index (χ4v) is 5.08. The predicted molar refractivity (Wildman–Crippen MR) is 185 cm³/mol. The van der Waals surface area contributed by atoms with Gasteiger partial charge >= 0.3 is 0 Å². The lowest BCUT2D eigenvalue weighted by molar-refractivity contribution is 1.25. The van der Waals surface area contributed by atoms with E-state index in [1.54, 1.807) is 0 Å². The minimum atomic E-state index is 0.195. The quantitative estimate of drug-likeness (QED) is 0.113. The molecule has 6 aromatic carbocycles. The van der Waals surface area contributed by atoms with Gasteiger partial charge in [-0.2, -0.15) is 0 Å². The van der Waals surface area contributed by atoms with Gasteiger partial charge in [0.25, 0.3) is 0 Å². The molecule has 0 heterocycles. The van der Waals surface area contributed by atoms with Crippen LogP contribution in [-0.4, -0.2) is 11.9 Å². The van der Waals surface area contributed by atoms with Crippen LogP contribution in [0.2, 0.25) is 0 Å². The van der Waals surface area contributed by atoms with Crippen molar-refractivity contribution < 1.29 is 0 Å². The average Bonchev–Trinajstić information content (AvgIpc) is 3.07. The minimum Gasteiger partial charge on any atom is -0.326 e. The third-order valence-corrected chi connectivity index (χ3v) is 7.11. The van der Waals surface area contributed by atoms with Gasteiger partial charge < -0.3 is 10.6 Å². The average molecular weight is 573 g/mol. The van der Waals surface area contributed by atoms with Crippen molar-refractivity contribution in [2.45, 2.75) is 0 Å². The molecule has 6 aromatic rings. The Bertz CT molecular complexity index is 1830. The summed E-state index contributed by atoms with van der Waals surface area (Å²) in [5.74, 6) is 0.394. The smallest absolute Gasteiger partial charge is 0.204 e. The molecule has 0 aliphatic heterocycles. The highest BCUT2D eigenvalue weighted by molar-refractivity contribution is 6.13. The normalized spacial score (nSPS) is 10.5. The summed E-state index contributed by atoms with van der Waals surface area (Å²) in [6, 6.07) is 55.6. The lowest BCUT2D eigenvalue weighted by Gasteiger charge is -2.31. The largest absolute Gasteiger partial charge is 0.326 e. The molecule has 4 N–H and O–H groups in total. The molecule has 0 amide bonds. The summed E-state index contributed by atoms with van der Waals surface area (Å²) >= 11 is 0. The third-order valence-electron chi connectivity index (χ3n) is 7.11. The Kier molecular flexibility index (Phi) is 8.42. The molecular weight excluding hydrogens is 540 g/mol. The molecule has 0 aromatic heterocycles. The van der Waals surface area contributed by atoms with Crippen molar-refractivity contribution in [1.29, 1.82) is 10.8 Å². The van der Waals surface area contributed by atoms with Crippen LogP contribution in [0.3, 0.4) is 0 Å². The summed E-state index contributed by atoms with van der Waals surface area (Å²) < 4.78 is 0. The van der Waals surface area contributed by atoms with Crippen molar-refractivity contribution in [3.8, 4) is 11.1 Å². The van der Waals surface area contributed by atoms with Crippen molar-refractivity contribution >= 4 is 46.0 Å². The molecule has 0 bridgehead atoms. The van der Waals surface area contributed by atoms with Gasteiger partial charge in [-0.1, -0.05) is 109 Å². The number of nitrogens with one attached hydrogen (secondary N) is 4. The second-order valence-electron chi connectivity index (χ2n) is 10.1. The van der Waals surface area contributed by atoms with E-state index in [1.807, 2.05) is 161 Å². The van der Waals surface area contributed by atoms with Crippen molar-refractivity contribution in [2.24, 2.45) is 0 Å². The van der Waals surface area contributed by atoms with Crippen molar-refractivity contribution in [3.05, 3.63) is 170 Å². The maximum atomic E-state index is 9.34. The van der Waals surface area contributed by atoms with E-state index < -0.39 is 0 Å². The number of para-hydroxylation sites is 4. The van der Waals surface area contributed by atoms with Gasteiger partial charge in [0.05, 0.1) is 11.4 Å². The number of nitrogens with zero attached hydrogens (tertiary/aromatic N) is 2. The van der Waals surface area contributed by atoms with E-state index in [-0.39, 0.29) is 11.9 Å². The summed E-state index contributed by atoms with van der Waals surface area (Å²) in [5, 5.41) is 25.1. The molecule has 214 valence electrons. The van der Waals surface area contributed by atoms with Gasteiger partial charge in [0.2, 0.25) is 11.9 Å². The SMILES string of the molecule is N=C(Nc1ccccc1)N(c1ccccc1)c1ccc(-c2ccccc2)c(N(C(=N)Nc2ccccc2)c2ccccc2)c1. The molecule has 0 atom stereocenters. The van der Waals surface area contributed by atoms with Crippen LogP contribution in [0, 0.1) is 10.8 Å². The maximum absolute atomic E-state index is 9.34. The van der Waals surface area contributed by atoms with E-state index in [2.05, 4.69) is 28.8 Å². The number of hydrogen-bond acceptors (Lipinski definition) is 2. The van der Waals surface area contributed by atoms with Gasteiger partial charge in [-0.25, -0.2) is 0 Å². The number of benzene rings is 6. The fourth-order valence-electron chi connectivity index (χ4n) is 5.08. The van der Waals surface area contributed by atoms with Gasteiger partial charge in [-0.3, -0.25) is 20.6 Å². The second kappa shape index (κ2) is 13.2. The molecule has 6 nitrogen and oxygen atoms in total. The summed E-state index contributed by atoms with van der Waals surface area (Å²) in [5.41, 5.74) is 6.84. The summed E-state index contributed by atoms with van der Waals surface area (Å²) in [4.78, 5) is 3.79. The first-order valence-corrected chi connectivity index (χ1v) is 14.4. The third kappa shape index (κ3) is 6.35. The molecule has 0 unspecified atom stereocenters. The van der Waals surface area contributed by atoms with Crippen molar-refractivity contribution in [1.82, 2.24) is 0 Å². The number of guanidine groups is 2. The van der Waals surface area contributed by atoms with E-state index >= 15 is 0 Å². The van der Waals surface area contributed by atoms with E-state index in [4.69, 9.17) is 0 Å². The Morgan fingerprint density at radius 2 is 0.818 bits per heavy atom. The van der Waals surface area contributed by atoms with Crippen molar-refractivity contribution in [2.75, 3.05) is 20.4 Å². The second-order valence-corrected chi connectivity index (χ2v) is 10.1. The van der Waals surface area contributed by atoms with Crippen molar-refractivity contribution in [3.63, 3.8) is 0 Å². The first kappa shape index (κ1) is 28.0. The van der Waals surface area contributed by atoms with E-state index in [0.29, 0.717) is 0 Å². The highest BCUT2D eigenvalue weighted by Gasteiger charge is 2.23. The molecule has 0 fully saturated rings. The highest BCUT2D eigenvalue weighted by Crippen LogP contribution is 2.40. The van der Waals surface area contributed by atoms with Gasteiger partial charge in [0, 0.05) is 28.3 Å². The summed E-state index contributed by atoms with van der Waals surface area (Å²) in [6.45, 7) is 0. The summed E-state index contributed by atoms with van der Waals surface area (Å²) in [7, 11) is 0. The fraction of sp³-hybridized carbons (Fsp3) is 0. The topological polar surface area (TPSA) is 78.2 Å². The van der Waals surface area contributed by atoms with Crippen LogP contribution >= 0.6 is 0 Å². The Hall–Kier alpha value is -6.14. The molecule has 0 radical (unpaired) electrons. The zero-order valence-corrected chi connectivity index (χ0v) is 24.1. The van der Waals surface area contributed by atoms with Gasteiger partial charge in [0.1, 0.15) is 0 Å². The van der Waals surface area contributed by atoms with Crippen LogP contribution in [0.4, 0.5) is 34.1 Å². The Balaban J connectivity index is 1.52. The molecule has 44 heavy (non-hydrogen) atoms. The molecule has 0 aliphatic rings. The molecule has 0 aliphatic carbocycles. The zero-order valence-electron chi connectivity index (χ0n) is 24.1. The molecular formula is C38H32N6. The number of hydrogen-bond donors (Lipinski definition) is 4. The Labute approximate surface area is 257 Å².